The molecule has 40 heavy (non-hydrogen) atoms. The normalized spacial score (nSPS) is 18.1. The second-order valence-corrected chi connectivity index (χ2v) is 20.1. The molecule has 5 rings (SSSR count). The second kappa shape index (κ2) is 15.8. The van der Waals surface area contributed by atoms with E-state index in [1.54, 1.807) is 11.1 Å². The molecule has 2 aromatic rings. The monoisotopic (exact) mass is 676 g/mol. The Morgan fingerprint density at radius 1 is 0.475 bits per heavy atom. The van der Waals surface area contributed by atoms with Gasteiger partial charge in [-0.15, -0.1) is 47.0 Å². The van der Waals surface area contributed by atoms with Crippen LogP contribution in [-0.4, -0.2) is 23.0 Å². The van der Waals surface area contributed by atoms with Crippen molar-refractivity contribution in [3.63, 3.8) is 0 Å². The molecular formula is C32H36S8. The first-order valence-electron chi connectivity index (χ1n) is 13.9. The molecule has 0 unspecified atom stereocenters. The van der Waals surface area contributed by atoms with E-state index in [9.17, 15) is 0 Å². The fraction of sp³-hybridized carbons (Fsp3) is 0.375. The molecule has 2 heterocycles. The van der Waals surface area contributed by atoms with Crippen molar-refractivity contribution in [2.75, 3.05) is 23.0 Å². The topological polar surface area (TPSA) is 0 Å². The summed E-state index contributed by atoms with van der Waals surface area (Å²) < 4.78 is 9.05. The number of fused-ring (bicyclic) bond motifs is 4. The Kier molecular flexibility index (Phi) is 12.5. The zero-order valence-corrected chi connectivity index (χ0v) is 30.1. The maximum Gasteiger partial charge on any atom is 0.0659 e. The minimum Gasteiger partial charge on any atom is -0.118 e. The molecule has 0 aromatic heterocycles. The lowest BCUT2D eigenvalue weighted by atomic mass is 9.92. The summed E-state index contributed by atoms with van der Waals surface area (Å²) in [5.41, 5.74) is 8.90. The van der Waals surface area contributed by atoms with Crippen molar-refractivity contribution in [3.8, 4) is 0 Å². The Hall–Kier alpha value is 0.200. The first-order valence-corrected chi connectivity index (χ1v) is 21.1. The Morgan fingerprint density at radius 2 is 0.750 bits per heavy atom. The number of hydrogen-bond acceptors (Lipinski definition) is 8. The van der Waals surface area contributed by atoms with Crippen molar-refractivity contribution in [2.45, 2.75) is 53.4 Å². The highest BCUT2D eigenvalue weighted by atomic mass is 32.3. The maximum atomic E-state index is 2.49. The summed E-state index contributed by atoms with van der Waals surface area (Å²) in [6.07, 6.45) is 4.08. The molecule has 0 radical (unpaired) electrons. The molecule has 0 fully saturated rings. The van der Waals surface area contributed by atoms with E-state index in [0.29, 0.717) is 0 Å². The SMILES string of the molecule is CCSC1=C(SCC)SC(=C2Cc3cccc(c3)CC(=C3SC(SCC)=C(SCC)S3)Cc3cccc(c3)C2)S1. The number of hydrogen-bond donors (Lipinski definition) is 0. The third-order valence-corrected chi connectivity index (χ3v) is 17.3. The number of rotatable bonds is 8. The van der Waals surface area contributed by atoms with E-state index in [0.717, 1.165) is 48.7 Å². The second-order valence-electron chi connectivity index (χ2n) is 9.42. The Morgan fingerprint density at radius 3 is 1.00 bits per heavy atom. The maximum absolute atomic E-state index is 2.49. The quantitative estimate of drug-likeness (QED) is 0.267. The van der Waals surface area contributed by atoms with Crippen LogP contribution in [0.5, 0.6) is 0 Å². The molecule has 2 aromatic carbocycles. The van der Waals surface area contributed by atoms with Gasteiger partial charge >= 0.3 is 0 Å². The molecule has 2 aliphatic heterocycles. The van der Waals surface area contributed by atoms with Gasteiger partial charge in [0.15, 0.2) is 0 Å². The van der Waals surface area contributed by atoms with Crippen LogP contribution in [0, 0.1) is 0 Å². The number of allylic oxidation sites excluding steroid dienone is 2. The van der Waals surface area contributed by atoms with Gasteiger partial charge in [-0.1, -0.05) is 123 Å². The van der Waals surface area contributed by atoms with Crippen molar-refractivity contribution in [3.05, 3.63) is 107 Å². The minimum absolute atomic E-state index is 1.02. The zero-order valence-electron chi connectivity index (χ0n) is 23.5. The van der Waals surface area contributed by atoms with Crippen LogP contribution in [-0.2, 0) is 25.7 Å². The van der Waals surface area contributed by atoms with Crippen molar-refractivity contribution in [1.29, 1.82) is 0 Å². The van der Waals surface area contributed by atoms with Crippen molar-refractivity contribution in [1.82, 2.24) is 0 Å². The van der Waals surface area contributed by atoms with Crippen LogP contribution in [0.2, 0.25) is 0 Å². The highest BCUT2D eigenvalue weighted by Gasteiger charge is 2.26. The van der Waals surface area contributed by atoms with Gasteiger partial charge in [0.2, 0.25) is 0 Å². The average Bonchev–Trinajstić information content (AvgIpc) is 3.53. The summed E-state index contributed by atoms with van der Waals surface area (Å²) >= 11 is 16.1. The highest BCUT2D eigenvalue weighted by molar-refractivity contribution is 8.41. The molecule has 0 amide bonds. The molecule has 8 heteroatoms. The largest absolute Gasteiger partial charge is 0.118 e. The van der Waals surface area contributed by atoms with E-state index in [4.69, 9.17) is 0 Å². The Labute approximate surface area is 275 Å². The number of thioether (sulfide) groups is 8. The standard InChI is InChI=1S/C32H36S8/c1-5-33-29-30(34-6-2)38-27(37-29)25-17-21-11-9-13-23(15-21)19-26(20-24-14-10-12-22(16-24)18-25)28-39-31(35-7-3)32(40-28)36-8-4/h9-16H,5-8,17-20H2,1-4H3. The van der Waals surface area contributed by atoms with Gasteiger partial charge in [-0.3, -0.25) is 0 Å². The predicted octanol–water partition coefficient (Wildman–Crippen LogP) is 12.2. The summed E-state index contributed by atoms with van der Waals surface area (Å²) in [5.74, 6) is 4.52. The van der Waals surface area contributed by atoms with Crippen molar-refractivity contribution >= 4 is 94.1 Å². The molecule has 1 aliphatic carbocycles. The van der Waals surface area contributed by atoms with Gasteiger partial charge in [-0.2, -0.15) is 0 Å². The summed E-state index contributed by atoms with van der Waals surface area (Å²) in [7, 11) is 0. The molecule has 0 atom stereocenters. The summed E-state index contributed by atoms with van der Waals surface area (Å²) in [6.45, 7) is 9.07. The molecular weight excluding hydrogens is 641 g/mol. The van der Waals surface area contributed by atoms with E-state index >= 15 is 0 Å². The fourth-order valence-corrected chi connectivity index (χ4v) is 16.2. The van der Waals surface area contributed by atoms with Gasteiger partial charge in [0.25, 0.3) is 0 Å². The van der Waals surface area contributed by atoms with E-state index < -0.39 is 0 Å². The molecule has 0 N–H and O–H groups in total. The zero-order chi connectivity index (χ0) is 27.9. The van der Waals surface area contributed by atoms with Gasteiger partial charge < -0.3 is 0 Å². The van der Waals surface area contributed by atoms with Gasteiger partial charge in [0.05, 0.1) is 25.4 Å². The van der Waals surface area contributed by atoms with Gasteiger partial charge in [0, 0.05) is 0 Å². The average molecular weight is 677 g/mol. The van der Waals surface area contributed by atoms with Crippen LogP contribution >= 0.6 is 94.1 Å². The Balaban J connectivity index is 1.50. The van der Waals surface area contributed by atoms with Crippen LogP contribution in [0.1, 0.15) is 49.9 Å². The predicted molar refractivity (Wildman–Crippen MR) is 199 cm³/mol. The lowest BCUT2D eigenvalue weighted by Gasteiger charge is -2.17. The van der Waals surface area contributed by atoms with Gasteiger partial charge in [0.1, 0.15) is 0 Å². The van der Waals surface area contributed by atoms with E-state index in [-0.39, 0.29) is 0 Å². The Bertz CT molecular complexity index is 1160. The van der Waals surface area contributed by atoms with Crippen LogP contribution in [0.4, 0.5) is 0 Å². The third kappa shape index (κ3) is 8.22. The van der Waals surface area contributed by atoms with Crippen LogP contribution < -0.4 is 0 Å². The summed E-state index contributed by atoms with van der Waals surface area (Å²) in [6, 6.07) is 18.9. The van der Waals surface area contributed by atoms with E-state index in [1.807, 2.05) is 94.1 Å². The number of benzene rings is 2. The molecule has 0 saturated carbocycles. The molecule has 0 spiro atoms. The third-order valence-electron chi connectivity index (χ3n) is 6.41. The van der Waals surface area contributed by atoms with E-state index in [1.165, 1.54) is 47.7 Å². The summed E-state index contributed by atoms with van der Waals surface area (Å²) in [5, 5.41) is 0. The first-order chi connectivity index (χ1) is 19.6. The fourth-order valence-electron chi connectivity index (χ4n) is 4.81. The molecule has 212 valence electrons. The van der Waals surface area contributed by atoms with Crippen LogP contribution in [0.3, 0.4) is 0 Å². The highest BCUT2D eigenvalue weighted by Crippen LogP contribution is 2.59. The molecule has 0 nitrogen and oxygen atoms in total. The first kappa shape index (κ1) is 31.6. The lowest BCUT2D eigenvalue weighted by molar-refractivity contribution is 0.989. The van der Waals surface area contributed by atoms with Gasteiger partial charge in [-0.25, -0.2) is 0 Å². The van der Waals surface area contributed by atoms with Gasteiger partial charge in [-0.05, 0) is 82.1 Å². The van der Waals surface area contributed by atoms with Crippen LogP contribution in [0.25, 0.3) is 0 Å². The lowest BCUT2D eigenvalue weighted by Crippen LogP contribution is -2.03. The van der Waals surface area contributed by atoms with Crippen molar-refractivity contribution in [2.24, 2.45) is 0 Å². The van der Waals surface area contributed by atoms with E-state index in [2.05, 4.69) is 76.2 Å². The van der Waals surface area contributed by atoms with Crippen LogP contribution in [0.15, 0.2) is 85.1 Å². The summed E-state index contributed by atoms with van der Waals surface area (Å²) in [4.78, 5) is 0. The molecule has 0 saturated heterocycles. The molecule has 4 bridgehead atoms. The van der Waals surface area contributed by atoms with Crippen molar-refractivity contribution < 1.29 is 0 Å². The minimum atomic E-state index is 1.02. The smallest absolute Gasteiger partial charge is 0.0659 e. The molecule has 3 aliphatic rings.